The molecule has 0 nitrogen and oxygen atoms in total. The standard InChI is InChI=1S/C16H12F.3CH3.Sn/c17-16-8-4-2-6-14(16)11-13-10-9-12-5-1-3-7-15(12)13;;;;/h1-10H,11H2;3*1H3;. The van der Waals surface area contributed by atoms with E-state index in [-0.39, 0.29) is 5.82 Å². The van der Waals surface area contributed by atoms with E-state index in [9.17, 15) is 4.39 Å². The summed E-state index contributed by atoms with van der Waals surface area (Å²) in [6.45, 7) is 0. The van der Waals surface area contributed by atoms with E-state index in [1.54, 1.807) is 12.1 Å². The first-order valence-corrected chi connectivity index (χ1v) is 17.7. The molecule has 0 amide bonds. The van der Waals surface area contributed by atoms with Gasteiger partial charge < -0.3 is 0 Å². The Morgan fingerprint density at radius 2 is 1.62 bits per heavy atom. The first-order valence-electron chi connectivity index (χ1n) is 7.50. The molecule has 0 radical (unpaired) electrons. The number of hydrogen-bond donors (Lipinski definition) is 0. The SMILES string of the molecule is [CH3][Sn]([CH3])([CH3])[CH]1C=C(Cc2ccccc2F)c2ccccc21. The third-order valence-corrected chi connectivity index (χ3v) is 11.0. The summed E-state index contributed by atoms with van der Waals surface area (Å²) in [6, 6.07) is 15.8. The molecule has 2 heteroatoms. The summed E-state index contributed by atoms with van der Waals surface area (Å²) < 4.78 is 14.5. The summed E-state index contributed by atoms with van der Waals surface area (Å²) in [7, 11) is 0. The molecular weight excluding hydrogens is 366 g/mol. The maximum absolute atomic E-state index is 13.9. The van der Waals surface area contributed by atoms with Crippen molar-refractivity contribution in [3.8, 4) is 0 Å². The normalized spacial score (nSPS) is 17.5. The van der Waals surface area contributed by atoms with Crippen LogP contribution in [0.1, 0.15) is 20.6 Å². The average Bonchev–Trinajstić information content (AvgIpc) is 2.81. The van der Waals surface area contributed by atoms with Gasteiger partial charge in [0.1, 0.15) is 0 Å². The van der Waals surface area contributed by atoms with Gasteiger partial charge in [-0.3, -0.25) is 0 Å². The molecule has 0 spiro atoms. The van der Waals surface area contributed by atoms with Crippen molar-refractivity contribution < 1.29 is 4.39 Å². The fourth-order valence-electron chi connectivity index (χ4n) is 3.16. The van der Waals surface area contributed by atoms with Crippen molar-refractivity contribution in [2.24, 2.45) is 0 Å². The average molecular weight is 387 g/mol. The Labute approximate surface area is 130 Å². The van der Waals surface area contributed by atoms with Crippen LogP contribution in [0.15, 0.2) is 54.6 Å². The van der Waals surface area contributed by atoms with E-state index in [0.717, 1.165) is 5.56 Å². The van der Waals surface area contributed by atoms with Gasteiger partial charge in [-0.2, -0.15) is 0 Å². The number of halogens is 1. The van der Waals surface area contributed by atoms with Gasteiger partial charge in [0.2, 0.25) is 0 Å². The molecule has 0 saturated heterocycles. The maximum atomic E-state index is 13.9. The fourth-order valence-corrected chi connectivity index (χ4v) is 8.54. The van der Waals surface area contributed by atoms with Gasteiger partial charge in [-0.1, -0.05) is 0 Å². The number of allylic oxidation sites excluding steroid dienone is 2. The molecule has 108 valence electrons. The van der Waals surface area contributed by atoms with Gasteiger partial charge in [-0.25, -0.2) is 0 Å². The van der Waals surface area contributed by atoms with E-state index in [4.69, 9.17) is 0 Å². The van der Waals surface area contributed by atoms with Gasteiger partial charge in [0.05, 0.1) is 0 Å². The predicted octanol–water partition coefficient (Wildman–Crippen LogP) is 5.43. The van der Waals surface area contributed by atoms with Crippen LogP contribution in [0.2, 0.25) is 14.8 Å². The zero-order chi connectivity index (χ0) is 15.0. The minimum absolute atomic E-state index is 0.0985. The first-order chi connectivity index (χ1) is 9.97. The molecule has 2 aromatic rings. The van der Waals surface area contributed by atoms with Crippen LogP contribution in [0.3, 0.4) is 0 Å². The van der Waals surface area contributed by atoms with Gasteiger partial charge in [0, 0.05) is 0 Å². The van der Waals surface area contributed by atoms with E-state index in [1.807, 2.05) is 12.1 Å². The Morgan fingerprint density at radius 3 is 2.33 bits per heavy atom. The van der Waals surface area contributed by atoms with Crippen LogP contribution in [-0.4, -0.2) is 18.4 Å². The molecule has 1 unspecified atom stereocenters. The van der Waals surface area contributed by atoms with E-state index >= 15 is 0 Å². The van der Waals surface area contributed by atoms with Gasteiger partial charge in [0.15, 0.2) is 0 Å². The number of benzene rings is 2. The van der Waals surface area contributed by atoms with Gasteiger partial charge >= 0.3 is 131 Å². The van der Waals surface area contributed by atoms with Crippen molar-refractivity contribution in [3.63, 3.8) is 0 Å². The predicted molar refractivity (Wildman–Crippen MR) is 90.6 cm³/mol. The van der Waals surface area contributed by atoms with Crippen molar-refractivity contribution in [1.82, 2.24) is 0 Å². The number of hydrogen-bond acceptors (Lipinski definition) is 0. The molecule has 1 atom stereocenters. The van der Waals surface area contributed by atoms with Gasteiger partial charge in [-0.15, -0.1) is 0 Å². The quantitative estimate of drug-likeness (QED) is 0.617. The molecule has 2 aromatic carbocycles. The Balaban J connectivity index is 2.01. The second kappa shape index (κ2) is 5.60. The molecule has 0 fully saturated rings. The monoisotopic (exact) mass is 388 g/mol. The summed E-state index contributed by atoms with van der Waals surface area (Å²) in [5.41, 5.74) is 4.89. The van der Waals surface area contributed by atoms with Gasteiger partial charge in [-0.05, 0) is 0 Å². The fraction of sp³-hybridized carbons (Fsp3) is 0.263. The zero-order valence-corrected chi connectivity index (χ0v) is 15.7. The molecule has 0 heterocycles. The zero-order valence-electron chi connectivity index (χ0n) is 12.9. The number of fused-ring (bicyclic) bond motifs is 1. The Bertz CT molecular complexity index is 695. The molecule has 1 aliphatic rings. The number of rotatable bonds is 3. The van der Waals surface area contributed by atoms with Crippen LogP contribution >= 0.6 is 0 Å². The van der Waals surface area contributed by atoms with Crippen molar-refractivity contribution in [2.45, 2.75) is 25.2 Å². The Hall–Kier alpha value is -1.09. The molecule has 0 N–H and O–H groups in total. The van der Waals surface area contributed by atoms with Crippen molar-refractivity contribution in [3.05, 3.63) is 77.1 Å². The summed E-state index contributed by atoms with van der Waals surface area (Å²) >= 11 is -2.08. The van der Waals surface area contributed by atoms with Crippen LogP contribution in [0.5, 0.6) is 0 Å². The van der Waals surface area contributed by atoms with Crippen LogP contribution in [0.4, 0.5) is 4.39 Å². The first kappa shape index (κ1) is 14.8. The third kappa shape index (κ3) is 2.94. The van der Waals surface area contributed by atoms with Crippen LogP contribution < -0.4 is 0 Å². The summed E-state index contributed by atoms with van der Waals surface area (Å²) in [6.07, 6.45) is 3.12. The molecular formula is C19H21FSn. The molecule has 21 heavy (non-hydrogen) atoms. The minimum atomic E-state index is -2.08. The van der Waals surface area contributed by atoms with E-state index < -0.39 is 18.4 Å². The van der Waals surface area contributed by atoms with Crippen LogP contribution in [0.25, 0.3) is 5.57 Å². The molecule has 1 aliphatic carbocycles. The molecule has 3 rings (SSSR count). The van der Waals surface area contributed by atoms with Crippen molar-refractivity contribution in [2.75, 3.05) is 0 Å². The van der Waals surface area contributed by atoms with E-state index in [0.29, 0.717) is 10.4 Å². The molecule has 0 bridgehead atoms. The summed E-state index contributed by atoms with van der Waals surface area (Å²) in [5, 5.41) is 0. The van der Waals surface area contributed by atoms with Crippen molar-refractivity contribution >= 4 is 24.0 Å². The summed E-state index contributed by atoms with van der Waals surface area (Å²) in [5.74, 6) is -0.0985. The Kier molecular flexibility index (Phi) is 3.95. The van der Waals surface area contributed by atoms with Gasteiger partial charge in [0.25, 0.3) is 0 Å². The van der Waals surface area contributed by atoms with E-state index in [2.05, 4.69) is 45.2 Å². The molecule has 0 aliphatic heterocycles. The topological polar surface area (TPSA) is 0 Å². The van der Waals surface area contributed by atoms with Crippen LogP contribution in [0, 0.1) is 5.82 Å². The second-order valence-electron chi connectivity index (χ2n) is 6.89. The van der Waals surface area contributed by atoms with E-state index in [1.165, 1.54) is 16.7 Å². The molecule has 0 saturated carbocycles. The summed E-state index contributed by atoms with van der Waals surface area (Å²) in [4.78, 5) is 7.41. The third-order valence-electron chi connectivity index (χ3n) is 4.28. The Morgan fingerprint density at radius 1 is 0.952 bits per heavy atom. The second-order valence-corrected chi connectivity index (χ2v) is 22.2. The van der Waals surface area contributed by atoms with Crippen LogP contribution in [-0.2, 0) is 6.42 Å². The molecule has 0 aromatic heterocycles. The van der Waals surface area contributed by atoms with Crippen molar-refractivity contribution in [1.29, 1.82) is 0 Å².